The highest BCUT2D eigenvalue weighted by molar-refractivity contribution is 8.01. The first-order valence-electron chi connectivity index (χ1n) is 7.34. The molecule has 1 heterocycles. The van der Waals surface area contributed by atoms with E-state index < -0.39 is 0 Å². The summed E-state index contributed by atoms with van der Waals surface area (Å²) in [6, 6.07) is 7.37. The number of thioether (sulfide) groups is 1. The van der Waals surface area contributed by atoms with Gasteiger partial charge in [0.25, 0.3) is 0 Å². The largest absolute Gasteiger partial charge is 0.351 e. The maximum absolute atomic E-state index is 11.9. The van der Waals surface area contributed by atoms with Crippen molar-refractivity contribution in [3.05, 3.63) is 34.9 Å². The maximum atomic E-state index is 11.9. The van der Waals surface area contributed by atoms with Crippen molar-refractivity contribution in [2.45, 2.75) is 30.6 Å². The quantitative estimate of drug-likeness (QED) is 0.538. The first-order chi connectivity index (χ1) is 11.6. The molecule has 0 aliphatic carbocycles. The summed E-state index contributed by atoms with van der Waals surface area (Å²) >= 11 is 8.57. The minimum absolute atomic E-state index is 0.0808. The molecular weight excluding hydrogens is 368 g/mol. The average molecular weight is 385 g/mol. The molecule has 24 heavy (non-hydrogen) atoms. The topological polar surface area (TPSA) is 84.0 Å². The van der Waals surface area contributed by atoms with Gasteiger partial charge in [0.1, 0.15) is 0 Å². The van der Waals surface area contributed by atoms with Crippen molar-refractivity contribution in [1.82, 2.24) is 15.5 Å². The molecule has 0 fully saturated rings. The highest BCUT2D eigenvalue weighted by atomic mass is 35.5. The van der Waals surface area contributed by atoms with Crippen LogP contribution in [0.1, 0.15) is 25.3 Å². The van der Waals surface area contributed by atoms with Crippen molar-refractivity contribution >= 4 is 51.6 Å². The van der Waals surface area contributed by atoms with E-state index in [1.165, 1.54) is 23.1 Å². The fourth-order valence-electron chi connectivity index (χ4n) is 1.74. The van der Waals surface area contributed by atoms with E-state index in [0.29, 0.717) is 27.5 Å². The van der Waals surface area contributed by atoms with E-state index in [0.717, 1.165) is 12.0 Å². The van der Waals surface area contributed by atoms with Gasteiger partial charge in [0, 0.05) is 18.0 Å². The lowest BCUT2D eigenvalue weighted by Crippen LogP contribution is -2.24. The molecule has 2 amide bonds. The van der Waals surface area contributed by atoms with Crippen molar-refractivity contribution in [2.75, 3.05) is 11.1 Å². The lowest BCUT2D eigenvalue weighted by atomic mass is 10.2. The van der Waals surface area contributed by atoms with Gasteiger partial charge in [0.2, 0.25) is 16.9 Å². The Morgan fingerprint density at radius 1 is 1.25 bits per heavy atom. The van der Waals surface area contributed by atoms with Gasteiger partial charge in [0.05, 0.1) is 5.75 Å². The predicted octanol–water partition coefficient (Wildman–Crippen LogP) is 3.34. The molecule has 128 valence electrons. The molecule has 0 atom stereocenters. The second-order valence-corrected chi connectivity index (χ2v) is 7.44. The third-order valence-corrected chi connectivity index (χ3v) is 5.23. The Balaban J connectivity index is 1.75. The number of rotatable bonds is 8. The zero-order chi connectivity index (χ0) is 17.4. The van der Waals surface area contributed by atoms with Crippen molar-refractivity contribution < 1.29 is 9.59 Å². The van der Waals surface area contributed by atoms with Crippen LogP contribution in [0.25, 0.3) is 0 Å². The van der Waals surface area contributed by atoms with Gasteiger partial charge >= 0.3 is 0 Å². The second-order valence-electron chi connectivity index (χ2n) is 4.83. The van der Waals surface area contributed by atoms with Crippen molar-refractivity contribution in [2.24, 2.45) is 0 Å². The van der Waals surface area contributed by atoms with Crippen LogP contribution in [-0.4, -0.2) is 27.8 Å². The molecule has 0 saturated heterocycles. The Morgan fingerprint density at radius 2 is 2.04 bits per heavy atom. The molecule has 0 aliphatic rings. The third kappa shape index (κ3) is 6.10. The summed E-state index contributed by atoms with van der Waals surface area (Å²) in [5.41, 5.74) is 0.870. The summed E-state index contributed by atoms with van der Waals surface area (Å²) in [5.74, 6) is 0.0245. The number of nitrogens with one attached hydrogen (secondary N) is 2. The lowest BCUT2D eigenvalue weighted by Gasteiger charge is -2.05. The second kappa shape index (κ2) is 9.61. The Labute approximate surface area is 153 Å². The minimum atomic E-state index is -0.119. The van der Waals surface area contributed by atoms with Gasteiger partial charge in [0.15, 0.2) is 4.34 Å². The molecule has 0 radical (unpaired) electrons. The Bertz CT molecular complexity index is 708. The van der Waals surface area contributed by atoms with E-state index in [9.17, 15) is 9.59 Å². The Morgan fingerprint density at radius 3 is 2.79 bits per heavy atom. The van der Waals surface area contributed by atoms with Crippen LogP contribution < -0.4 is 10.6 Å². The molecule has 1 aromatic carbocycles. The number of amides is 2. The molecule has 9 heteroatoms. The number of halogens is 1. The van der Waals surface area contributed by atoms with Gasteiger partial charge in [-0.05, 0) is 18.1 Å². The summed E-state index contributed by atoms with van der Waals surface area (Å²) in [6.07, 6.45) is 1.23. The van der Waals surface area contributed by atoms with Crippen LogP contribution in [-0.2, 0) is 16.1 Å². The number of nitrogens with zero attached hydrogens (tertiary/aromatic N) is 2. The third-order valence-electron chi connectivity index (χ3n) is 2.89. The lowest BCUT2D eigenvalue weighted by molar-refractivity contribution is -0.118. The average Bonchev–Trinajstić information content (AvgIpc) is 2.99. The van der Waals surface area contributed by atoms with Crippen LogP contribution in [0.4, 0.5) is 5.13 Å². The summed E-state index contributed by atoms with van der Waals surface area (Å²) < 4.78 is 0.634. The summed E-state index contributed by atoms with van der Waals surface area (Å²) in [6.45, 7) is 2.32. The van der Waals surface area contributed by atoms with Crippen LogP contribution in [0.15, 0.2) is 28.6 Å². The molecule has 2 rings (SSSR count). The molecule has 2 aromatic rings. The SMILES string of the molecule is CCCC(=O)Nc1nnc(SCC(=O)NCc2ccccc2Cl)s1. The molecule has 2 N–H and O–H groups in total. The van der Waals surface area contributed by atoms with Gasteiger partial charge in [-0.1, -0.05) is 59.8 Å². The fourth-order valence-corrected chi connectivity index (χ4v) is 3.54. The van der Waals surface area contributed by atoms with E-state index in [1.54, 1.807) is 6.07 Å². The molecule has 0 spiro atoms. The van der Waals surface area contributed by atoms with Gasteiger partial charge in [-0.3, -0.25) is 9.59 Å². The standard InChI is InChI=1S/C15H17ClN4O2S2/c1-2-5-12(21)18-14-19-20-15(24-14)23-9-13(22)17-8-10-6-3-4-7-11(10)16/h3-4,6-7H,2,5,8-9H2,1H3,(H,17,22)(H,18,19,21). The molecule has 6 nitrogen and oxygen atoms in total. The molecule has 0 aliphatic heterocycles. The fraction of sp³-hybridized carbons (Fsp3) is 0.333. The first kappa shape index (κ1) is 18.7. The van der Waals surface area contributed by atoms with Crippen LogP contribution in [0, 0.1) is 0 Å². The minimum Gasteiger partial charge on any atom is -0.351 e. The van der Waals surface area contributed by atoms with Crippen molar-refractivity contribution in [1.29, 1.82) is 0 Å². The molecule has 1 aromatic heterocycles. The van der Waals surface area contributed by atoms with Gasteiger partial charge in [-0.15, -0.1) is 10.2 Å². The van der Waals surface area contributed by atoms with E-state index in [-0.39, 0.29) is 17.6 Å². The summed E-state index contributed by atoms with van der Waals surface area (Å²) in [7, 11) is 0. The smallest absolute Gasteiger partial charge is 0.230 e. The van der Waals surface area contributed by atoms with Crippen LogP contribution in [0.2, 0.25) is 5.02 Å². The first-order valence-corrected chi connectivity index (χ1v) is 9.52. The Hall–Kier alpha value is -1.64. The predicted molar refractivity (Wildman–Crippen MR) is 97.5 cm³/mol. The van der Waals surface area contributed by atoms with E-state index >= 15 is 0 Å². The molecular formula is C15H17ClN4O2S2. The van der Waals surface area contributed by atoms with Gasteiger partial charge in [-0.25, -0.2) is 0 Å². The van der Waals surface area contributed by atoms with E-state index in [1.807, 2.05) is 25.1 Å². The zero-order valence-corrected chi connectivity index (χ0v) is 15.4. The number of aromatic nitrogens is 2. The normalized spacial score (nSPS) is 10.4. The maximum Gasteiger partial charge on any atom is 0.230 e. The number of carbonyl (C=O) groups is 2. The molecule has 0 saturated carbocycles. The zero-order valence-electron chi connectivity index (χ0n) is 13.0. The number of carbonyl (C=O) groups excluding carboxylic acids is 2. The molecule has 0 unspecified atom stereocenters. The number of benzene rings is 1. The van der Waals surface area contributed by atoms with Crippen LogP contribution >= 0.6 is 34.7 Å². The summed E-state index contributed by atoms with van der Waals surface area (Å²) in [4.78, 5) is 23.4. The number of hydrogen-bond donors (Lipinski definition) is 2. The number of hydrogen-bond acceptors (Lipinski definition) is 6. The molecule has 0 bridgehead atoms. The monoisotopic (exact) mass is 384 g/mol. The van der Waals surface area contributed by atoms with E-state index in [4.69, 9.17) is 11.6 Å². The van der Waals surface area contributed by atoms with Crippen molar-refractivity contribution in [3.63, 3.8) is 0 Å². The number of anilines is 1. The summed E-state index contributed by atoms with van der Waals surface area (Å²) in [5, 5.41) is 14.4. The highest BCUT2D eigenvalue weighted by Gasteiger charge is 2.10. The van der Waals surface area contributed by atoms with Crippen LogP contribution in [0.5, 0.6) is 0 Å². The van der Waals surface area contributed by atoms with Crippen LogP contribution in [0.3, 0.4) is 0 Å². The van der Waals surface area contributed by atoms with Crippen molar-refractivity contribution in [3.8, 4) is 0 Å². The van der Waals surface area contributed by atoms with Gasteiger partial charge in [-0.2, -0.15) is 0 Å². The Kier molecular flexibility index (Phi) is 7.48. The van der Waals surface area contributed by atoms with E-state index in [2.05, 4.69) is 20.8 Å². The van der Waals surface area contributed by atoms with Gasteiger partial charge < -0.3 is 10.6 Å². The highest BCUT2D eigenvalue weighted by Crippen LogP contribution is 2.25.